The van der Waals surface area contributed by atoms with Crippen LogP contribution in [0.4, 0.5) is 0 Å². The van der Waals surface area contributed by atoms with Crippen molar-refractivity contribution in [1.29, 1.82) is 0 Å². The van der Waals surface area contributed by atoms with Gasteiger partial charge in [0.15, 0.2) is 0 Å². The number of aliphatic imine (C=N–C) groups is 1. The van der Waals surface area contributed by atoms with Crippen molar-refractivity contribution in [1.82, 2.24) is 4.98 Å². The van der Waals surface area contributed by atoms with Crippen molar-refractivity contribution in [3.8, 4) is 0 Å². The maximum Gasteiger partial charge on any atom is 0.343 e. The molecule has 0 bridgehead atoms. The van der Waals surface area contributed by atoms with E-state index in [-0.39, 0.29) is 40.4 Å². The Morgan fingerprint density at radius 1 is 1.46 bits per heavy atom. The van der Waals surface area contributed by atoms with E-state index in [1.807, 2.05) is 13.8 Å². The lowest BCUT2D eigenvalue weighted by molar-refractivity contribution is -0.137. The summed E-state index contributed by atoms with van der Waals surface area (Å²) in [4.78, 5) is 20.1. The first-order chi connectivity index (χ1) is 11.3. The second-order valence-electron chi connectivity index (χ2n) is 5.25. The summed E-state index contributed by atoms with van der Waals surface area (Å²) in [6.07, 6.45) is 2.49. The maximum atomic E-state index is 12.1. The van der Waals surface area contributed by atoms with Crippen molar-refractivity contribution >= 4 is 41.1 Å². The average Bonchev–Trinajstić information content (AvgIpc) is 2.53. The lowest BCUT2D eigenvalue weighted by Crippen LogP contribution is -2.19. The Hall–Kier alpha value is -1.63. The third-order valence-electron chi connectivity index (χ3n) is 3.16. The van der Waals surface area contributed by atoms with Crippen LogP contribution in [-0.2, 0) is 9.53 Å². The Kier molecular flexibility index (Phi) is 8.18. The molecule has 1 heterocycles. The van der Waals surface area contributed by atoms with Crippen LogP contribution >= 0.6 is 23.2 Å². The Morgan fingerprint density at radius 2 is 2.12 bits per heavy atom. The zero-order valence-corrected chi connectivity index (χ0v) is 15.2. The number of nitrogens with zero attached hydrogens (tertiary/aromatic N) is 2. The fourth-order valence-corrected chi connectivity index (χ4v) is 2.10. The summed E-state index contributed by atoms with van der Waals surface area (Å²) in [5.41, 5.74) is -0.106. The number of halogens is 2. The SMILES string of the molecule is CCOC(=O)C(C=N[C@H](CO)C(C)C)=C(O)c1cc(Cl)cnc1Cl. The van der Waals surface area contributed by atoms with Crippen LogP contribution in [0.25, 0.3) is 5.76 Å². The fourth-order valence-electron chi connectivity index (χ4n) is 1.75. The van der Waals surface area contributed by atoms with Gasteiger partial charge >= 0.3 is 5.97 Å². The number of esters is 1. The van der Waals surface area contributed by atoms with Crippen LogP contribution in [0, 0.1) is 5.92 Å². The van der Waals surface area contributed by atoms with Crippen molar-refractivity contribution in [3.05, 3.63) is 33.6 Å². The minimum Gasteiger partial charge on any atom is -0.506 e. The molecule has 0 radical (unpaired) electrons. The number of carbonyl (C=O) groups is 1. The average molecular weight is 375 g/mol. The van der Waals surface area contributed by atoms with Gasteiger partial charge in [0.05, 0.1) is 29.8 Å². The Bertz CT molecular complexity index is 645. The monoisotopic (exact) mass is 374 g/mol. The molecule has 0 amide bonds. The molecular weight excluding hydrogens is 355 g/mol. The minimum absolute atomic E-state index is 0.0188. The van der Waals surface area contributed by atoms with Gasteiger partial charge in [-0.2, -0.15) is 0 Å². The van der Waals surface area contributed by atoms with Gasteiger partial charge in [-0.25, -0.2) is 9.78 Å². The van der Waals surface area contributed by atoms with Gasteiger partial charge in [-0.3, -0.25) is 4.99 Å². The van der Waals surface area contributed by atoms with Crippen LogP contribution in [0.2, 0.25) is 10.2 Å². The number of carbonyl (C=O) groups excluding carboxylic acids is 1. The van der Waals surface area contributed by atoms with E-state index < -0.39 is 17.8 Å². The summed E-state index contributed by atoms with van der Waals surface area (Å²) < 4.78 is 4.94. The largest absolute Gasteiger partial charge is 0.506 e. The quantitative estimate of drug-likeness (QED) is 0.251. The third-order valence-corrected chi connectivity index (χ3v) is 3.67. The van der Waals surface area contributed by atoms with Crippen LogP contribution in [0.3, 0.4) is 0 Å². The van der Waals surface area contributed by atoms with Crippen LogP contribution in [-0.4, -0.2) is 46.6 Å². The number of hydrogen-bond acceptors (Lipinski definition) is 6. The molecule has 8 heteroatoms. The summed E-state index contributed by atoms with van der Waals surface area (Å²) >= 11 is 11.8. The van der Waals surface area contributed by atoms with Gasteiger partial charge in [0.1, 0.15) is 16.5 Å². The van der Waals surface area contributed by atoms with E-state index >= 15 is 0 Å². The second-order valence-corrected chi connectivity index (χ2v) is 6.04. The van der Waals surface area contributed by atoms with E-state index in [9.17, 15) is 15.0 Å². The third kappa shape index (κ3) is 5.47. The maximum absolute atomic E-state index is 12.1. The molecule has 0 aromatic carbocycles. The molecule has 0 aliphatic heterocycles. The van der Waals surface area contributed by atoms with Crippen LogP contribution < -0.4 is 0 Å². The molecule has 0 aliphatic carbocycles. The van der Waals surface area contributed by atoms with Gasteiger partial charge in [-0.1, -0.05) is 37.0 Å². The Balaban J connectivity index is 3.38. The van der Waals surface area contributed by atoms with E-state index in [1.54, 1.807) is 6.92 Å². The molecule has 1 atom stereocenters. The first kappa shape index (κ1) is 20.4. The summed E-state index contributed by atoms with van der Waals surface area (Å²) in [6.45, 7) is 5.33. The molecule has 1 aromatic rings. The molecule has 6 nitrogen and oxygen atoms in total. The van der Waals surface area contributed by atoms with Crippen LogP contribution in [0.5, 0.6) is 0 Å². The second kappa shape index (κ2) is 9.61. The molecule has 0 saturated carbocycles. The summed E-state index contributed by atoms with van der Waals surface area (Å²) in [7, 11) is 0. The summed E-state index contributed by atoms with van der Waals surface area (Å²) in [5.74, 6) is -1.17. The molecular formula is C16H20Cl2N2O4. The highest BCUT2D eigenvalue weighted by molar-refractivity contribution is 6.33. The molecule has 1 rings (SSSR count). The van der Waals surface area contributed by atoms with Gasteiger partial charge in [0, 0.05) is 12.4 Å². The molecule has 132 valence electrons. The summed E-state index contributed by atoms with van der Waals surface area (Å²) in [5, 5.41) is 20.0. The smallest absolute Gasteiger partial charge is 0.343 e. The highest BCUT2D eigenvalue weighted by Gasteiger charge is 2.20. The number of ether oxygens (including phenoxy) is 1. The Morgan fingerprint density at radius 3 is 2.67 bits per heavy atom. The van der Waals surface area contributed by atoms with E-state index in [0.717, 1.165) is 0 Å². The molecule has 0 unspecified atom stereocenters. The minimum atomic E-state index is -0.768. The Labute approximate surface area is 150 Å². The van der Waals surface area contributed by atoms with Crippen molar-refractivity contribution in [3.63, 3.8) is 0 Å². The van der Waals surface area contributed by atoms with Gasteiger partial charge in [0.2, 0.25) is 0 Å². The first-order valence-electron chi connectivity index (χ1n) is 7.37. The lowest BCUT2D eigenvalue weighted by Gasteiger charge is -2.13. The molecule has 0 fully saturated rings. The molecule has 0 aliphatic rings. The lowest BCUT2D eigenvalue weighted by atomic mass is 10.1. The zero-order valence-electron chi connectivity index (χ0n) is 13.7. The molecule has 1 aromatic heterocycles. The number of aromatic nitrogens is 1. The van der Waals surface area contributed by atoms with Crippen molar-refractivity contribution in [2.24, 2.45) is 10.9 Å². The predicted molar refractivity (Wildman–Crippen MR) is 94.6 cm³/mol. The van der Waals surface area contributed by atoms with E-state index in [4.69, 9.17) is 27.9 Å². The van der Waals surface area contributed by atoms with E-state index in [2.05, 4.69) is 9.98 Å². The predicted octanol–water partition coefficient (Wildman–Crippen LogP) is 3.31. The van der Waals surface area contributed by atoms with E-state index in [1.165, 1.54) is 18.5 Å². The molecule has 0 saturated heterocycles. The number of rotatable bonds is 7. The summed E-state index contributed by atoms with van der Waals surface area (Å²) in [6, 6.07) is 0.959. The first-order valence-corrected chi connectivity index (χ1v) is 8.13. The molecule has 2 N–H and O–H groups in total. The van der Waals surface area contributed by atoms with Crippen LogP contribution in [0.15, 0.2) is 22.8 Å². The van der Waals surface area contributed by atoms with Gasteiger partial charge < -0.3 is 14.9 Å². The van der Waals surface area contributed by atoms with Gasteiger partial charge in [-0.05, 0) is 18.9 Å². The number of hydrogen-bond donors (Lipinski definition) is 2. The number of aliphatic hydroxyl groups excluding tert-OH is 2. The normalized spacial score (nSPS) is 14.0. The van der Waals surface area contributed by atoms with Crippen molar-refractivity contribution < 1.29 is 19.7 Å². The molecule has 0 spiro atoms. The van der Waals surface area contributed by atoms with Gasteiger partial charge in [0.25, 0.3) is 0 Å². The highest BCUT2D eigenvalue weighted by atomic mass is 35.5. The van der Waals surface area contributed by atoms with Crippen LogP contribution in [0.1, 0.15) is 26.3 Å². The van der Waals surface area contributed by atoms with Crippen molar-refractivity contribution in [2.45, 2.75) is 26.8 Å². The van der Waals surface area contributed by atoms with Gasteiger partial charge in [-0.15, -0.1) is 0 Å². The number of aliphatic hydroxyl groups is 2. The van der Waals surface area contributed by atoms with Crippen molar-refractivity contribution in [2.75, 3.05) is 13.2 Å². The highest BCUT2D eigenvalue weighted by Crippen LogP contribution is 2.25. The number of pyridine rings is 1. The topological polar surface area (TPSA) is 92.0 Å². The molecule has 24 heavy (non-hydrogen) atoms. The zero-order chi connectivity index (χ0) is 18.3. The standard InChI is InChI=1S/C16H20Cl2N2O4/c1-4-24-16(23)12(7-19-13(8-21)9(2)3)14(22)11-5-10(17)6-20-15(11)18/h5-7,9,13,21-22H,4,8H2,1-3H3/t13-/m1/s1. The fraction of sp³-hybridized carbons (Fsp3) is 0.438. The van der Waals surface area contributed by atoms with E-state index in [0.29, 0.717) is 0 Å².